The molecule has 3 aliphatic rings. The van der Waals surface area contributed by atoms with Crippen LogP contribution < -0.4 is 16.0 Å². The Balaban J connectivity index is 1.27. The molecule has 3 aliphatic heterocycles. The lowest BCUT2D eigenvalue weighted by molar-refractivity contribution is 0.0904. The van der Waals surface area contributed by atoms with Crippen molar-refractivity contribution in [1.82, 2.24) is 14.5 Å². The van der Waals surface area contributed by atoms with Crippen molar-refractivity contribution >= 4 is 33.1 Å². The Labute approximate surface area is 261 Å². The minimum atomic E-state index is -4.27. The molecule has 3 aromatic rings. The van der Waals surface area contributed by atoms with Crippen molar-refractivity contribution in [3.8, 4) is 0 Å². The van der Waals surface area contributed by atoms with Crippen LogP contribution in [0.4, 0.5) is 26.0 Å². The molecule has 242 valence electrons. The molecule has 2 aromatic carbocycles. The Morgan fingerprint density at radius 2 is 1.58 bits per heavy atom. The molecule has 1 amide bonds. The highest BCUT2D eigenvalue weighted by Gasteiger charge is 2.41. The minimum Gasteiger partial charge on any atom is -0.382 e. The first-order valence-corrected chi connectivity index (χ1v) is 16.6. The maximum Gasteiger partial charge on any atom is 0.258 e. The van der Waals surface area contributed by atoms with Crippen LogP contribution in [-0.2, 0) is 31.5 Å². The van der Waals surface area contributed by atoms with E-state index in [0.717, 1.165) is 47.8 Å². The van der Waals surface area contributed by atoms with Gasteiger partial charge in [-0.2, -0.15) is 9.40 Å². The normalized spacial score (nSPS) is 19.6. The topological polar surface area (TPSA) is 138 Å². The number of amides is 1. The van der Waals surface area contributed by atoms with E-state index in [2.05, 4.69) is 26.1 Å². The Kier molecular flexibility index (Phi) is 8.83. The van der Waals surface area contributed by atoms with Crippen LogP contribution in [0.3, 0.4) is 0 Å². The molecule has 4 N–H and O–H groups in total. The Hall–Kier alpha value is -3.59. The number of benzene rings is 2. The van der Waals surface area contributed by atoms with E-state index in [0.29, 0.717) is 55.0 Å². The molecule has 0 bridgehead atoms. The van der Waals surface area contributed by atoms with Crippen molar-refractivity contribution in [3.63, 3.8) is 0 Å². The van der Waals surface area contributed by atoms with Gasteiger partial charge in [-0.15, -0.1) is 0 Å². The zero-order chi connectivity index (χ0) is 31.8. The lowest BCUT2D eigenvalue weighted by Crippen LogP contribution is -2.45. The number of carbonyl (C=O) groups is 1. The number of fused-ring (bicyclic) bond motifs is 1. The summed E-state index contributed by atoms with van der Waals surface area (Å²) in [6, 6.07) is 8.20. The van der Waals surface area contributed by atoms with Crippen molar-refractivity contribution in [2.24, 2.45) is 0 Å². The van der Waals surface area contributed by atoms with Gasteiger partial charge in [-0.25, -0.2) is 17.2 Å². The van der Waals surface area contributed by atoms with Gasteiger partial charge in [0.25, 0.3) is 5.91 Å². The number of halogens is 2. The van der Waals surface area contributed by atoms with Crippen LogP contribution in [0, 0.1) is 11.6 Å². The molecule has 0 saturated carbocycles. The molecule has 14 heteroatoms. The summed E-state index contributed by atoms with van der Waals surface area (Å²) in [5.41, 5.74) is 2.38. The zero-order valence-electron chi connectivity index (χ0n) is 25.3. The number of hydrogen-bond donors (Lipinski definition) is 4. The number of rotatable bonds is 8. The van der Waals surface area contributed by atoms with Gasteiger partial charge in [0.2, 0.25) is 10.0 Å². The molecule has 0 atom stereocenters. The van der Waals surface area contributed by atoms with E-state index in [-0.39, 0.29) is 31.0 Å². The van der Waals surface area contributed by atoms with Crippen molar-refractivity contribution in [1.29, 1.82) is 0 Å². The fourth-order valence-corrected chi connectivity index (χ4v) is 7.81. The van der Waals surface area contributed by atoms with Gasteiger partial charge >= 0.3 is 0 Å². The van der Waals surface area contributed by atoms with Crippen LogP contribution in [0.1, 0.15) is 61.1 Å². The average Bonchev–Trinajstić information content (AvgIpc) is 3.41. The fourth-order valence-electron chi connectivity index (χ4n) is 6.20. The number of aromatic nitrogens is 2. The number of aromatic amines is 1. The van der Waals surface area contributed by atoms with Crippen LogP contribution in [0.2, 0.25) is 0 Å². The van der Waals surface area contributed by atoms with E-state index >= 15 is 0 Å². The van der Waals surface area contributed by atoms with E-state index in [1.807, 2.05) is 26.0 Å². The largest absolute Gasteiger partial charge is 0.382 e. The number of nitrogens with one attached hydrogen (secondary N) is 4. The summed E-state index contributed by atoms with van der Waals surface area (Å²) in [6.45, 7) is 6.24. The fraction of sp³-hybridized carbons (Fsp3) is 0.484. The lowest BCUT2D eigenvalue weighted by Gasteiger charge is -2.36. The van der Waals surface area contributed by atoms with E-state index in [1.165, 1.54) is 0 Å². The van der Waals surface area contributed by atoms with Crippen molar-refractivity contribution in [2.75, 3.05) is 48.9 Å². The highest BCUT2D eigenvalue weighted by molar-refractivity contribution is 7.89. The van der Waals surface area contributed by atoms with Crippen LogP contribution in [0.15, 0.2) is 41.3 Å². The molecule has 11 nitrogen and oxygen atoms in total. The van der Waals surface area contributed by atoms with Gasteiger partial charge in [0.15, 0.2) is 5.82 Å². The number of ether oxygens (including phenoxy) is 2. The molecule has 0 unspecified atom stereocenters. The van der Waals surface area contributed by atoms with Gasteiger partial charge in [-0.1, -0.05) is 13.8 Å². The van der Waals surface area contributed by atoms with Gasteiger partial charge in [0.05, 0.1) is 10.5 Å². The average molecular weight is 645 g/mol. The van der Waals surface area contributed by atoms with Crippen molar-refractivity contribution < 1.29 is 31.5 Å². The summed E-state index contributed by atoms with van der Waals surface area (Å²) in [4.78, 5) is 13.3. The number of carbonyl (C=O) groups excluding carboxylic acids is 1. The van der Waals surface area contributed by atoms with Gasteiger partial charge < -0.3 is 25.4 Å². The summed E-state index contributed by atoms with van der Waals surface area (Å²) in [7, 11) is -4.27. The summed E-state index contributed by atoms with van der Waals surface area (Å²) < 4.78 is 67.1. The van der Waals surface area contributed by atoms with Crippen LogP contribution in [-0.4, -0.2) is 73.9 Å². The third-order valence-electron chi connectivity index (χ3n) is 8.59. The van der Waals surface area contributed by atoms with Crippen LogP contribution in [0.25, 0.3) is 0 Å². The highest BCUT2D eigenvalue weighted by Crippen LogP contribution is 2.38. The van der Waals surface area contributed by atoms with Gasteiger partial charge in [0, 0.05) is 85.7 Å². The second-order valence-electron chi connectivity index (χ2n) is 12.5. The molecule has 0 spiro atoms. The third kappa shape index (κ3) is 6.83. The Morgan fingerprint density at radius 3 is 2.22 bits per heavy atom. The summed E-state index contributed by atoms with van der Waals surface area (Å²) >= 11 is 0. The van der Waals surface area contributed by atoms with Crippen molar-refractivity contribution in [3.05, 3.63) is 64.9 Å². The smallest absolute Gasteiger partial charge is 0.258 e. The van der Waals surface area contributed by atoms with Crippen LogP contribution in [0.5, 0.6) is 0 Å². The lowest BCUT2D eigenvalue weighted by atomic mass is 9.84. The third-order valence-corrected chi connectivity index (χ3v) is 10.4. The molecule has 0 aliphatic carbocycles. The highest BCUT2D eigenvalue weighted by atomic mass is 32.2. The molecule has 2 fully saturated rings. The van der Waals surface area contributed by atoms with Gasteiger partial charge in [-0.3, -0.25) is 9.89 Å². The second-order valence-corrected chi connectivity index (χ2v) is 14.4. The first kappa shape index (κ1) is 31.4. The molecular weight excluding hydrogens is 606 g/mol. The zero-order valence-corrected chi connectivity index (χ0v) is 26.1. The second kappa shape index (κ2) is 12.7. The van der Waals surface area contributed by atoms with Gasteiger partial charge in [0.1, 0.15) is 11.6 Å². The minimum absolute atomic E-state index is 0.0385. The molecule has 2 saturated heterocycles. The molecule has 4 heterocycles. The van der Waals surface area contributed by atoms with E-state index in [9.17, 15) is 22.0 Å². The predicted octanol–water partition coefficient (Wildman–Crippen LogP) is 4.60. The number of sulfonamides is 1. The van der Waals surface area contributed by atoms with E-state index in [4.69, 9.17) is 9.47 Å². The van der Waals surface area contributed by atoms with E-state index < -0.39 is 37.9 Å². The number of anilines is 3. The van der Waals surface area contributed by atoms with Crippen molar-refractivity contribution in [2.45, 2.75) is 68.5 Å². The first-order chi connectivity index (χ1) is 21.5. The first-order valence-electron chi connectivity index (χ1n) is 15.2. The molecule has 45 heavy (non-hydrogen) atoms. The number of nitrogens with zero attached hydrogens (tertiary/aromatic N) is 2. The molecule has 0 radical (unpaired) electrons. The maximum absolute atomic E-state index is 14.0. The monoisotopic (exact) mass is 644 g/mol. The van der Waals surface area contributed by atoms with Gasteiger partial charge in [-0.05, 0) is 56.0 Å². The Morgan fingerprint density at radius 1 is 0.956 bits per heavy atom. The SMILES string of the molecule is CC1(C)CN(S(=O)(=O)c2cc(F)cc(F)c2)Cc2c(NC(=O)c3ccc(NC4CCOCC4)cc3NC3CCOCC3)n[nH]c21. The van der Waals surface area contributed by atoms with E-state index in [1.54, 1.807) is 6.07 Å². The number of H-pyrrole nitrogens is 1. The summed E-state index contributed by atoms with van der Waals surface area (Å²) in [5.74, 6) is -2.20. The Bertz CT molecular complexity index is 1650. The van der Waals surface area contributed by atoms with Crippen LogP contribution >= 0.6 is 0 Å². The number of hydrogen-bond acceptors (Lipinski definition) is 8. The molecule has 6 rings (SSSR count). The summed E-state index contributed by atoms with van der Waals surface area (Å²) in [5, 5.41) is 17.3. The maximum atomic E-state index is 14.0. The summed E-state index contributed by atoms with van der Waals surface area (Å²) in [6.07, 6.45) is 3.40. The standard InChI is InChI=1S/C31H38F2N6O5S/c1-31(2)18-39(45(41,42)24-14-19(32)13-20(33)15-24)17-26-28(31)37-38-29(26)36-30(40)25-4-3-23(34-21-5-9-43-10-6-21)16-27(25)35-22-7-11-44-12-8-22/h3-4,13-16,21-22,34-35H,5-12,17-18H2,1-2H3,(H2,36,37,38,40). The molecular formula is C31H38F2N6O5S. The molecule has 1 aromatic heterocycles. The quantitative estimate of drug-likeness (QED) is 0.279. The predicted molar refractivity (Wildman–Crippen MR) is 165 cm³/mol.